The third kappa shape index (κ3) is 34.5. The summed E-state index contributed by atoms with van der Waals surface area (Å²) in [5.41, 5.74) is 40.7. The predicted molar refractivity (Wildman–Crippen MR) is 541 cm³/mol. The molecule has 2 atom stereocenters. The fraction of sp³-hybridized carbons (Fsp3) is 0.411. The van der Waals surface area contributed by atoms with Crippen molar-refractivity contribution in [2.45, 2.75) is 208 Å². The number of hydrogen-bond donors (Lipinski definition) is 11. The van der Waals surface area contributed by atoms with E-state index in [1.54, 1.807) is 107 Å². The number of nitrogens with one attached hydrogen (secondary N) is 3. The number of pyridine rings is 6. The molecule has 0 spiro atoms. The Hall–Kier alpha value is -14.6. The second-order valence-corrected chi connectivity index (χ2v) is 35.2. The lowest BCUT2D eigenvalue weighted by Crippen LogP contribution is -2.22. The molecular weight excluding hydrogens is 1900 g/mol. The highest BCUT2D eigenvalue weighted by atomic mass is 79.9. The lowest BCUT2D eigenvalue weighted by Gasteiger charge is -2.18. The van der Waals surface area contributed by atoms with Gasteiger partial charge in [-0.2, -0.15) is 28.1 Å². The highest BCUT2D eigenvalue weighted by Crippen LogP contribution is 2.43. The largest absolute Gasteiger partial charge is 0.481 e. The number of aliphatic hydroxyl groups excluding tert-OH is 2. The number of terminal acetylenes is 1. The second-order valence-electron chi connectivity index (χ2n) is 33.5. The van der Waals surface area contributed by atoms with Crippen LogP contribution in [0.1, 0.15) is 232 Å². The molecule has 0 saturated carbocycles. The van der Waals surface area contributed by atoms with Gasteiger partial charge in [0.15, 0.2) is 69.4 Å². The molecule has 0 amide bonds. The average molecular weight is 2030 g/mol. The number of hydrogen-bond acceptors (Lipinski definition) is 42. The zero-order chi connectivity index (χ0) is 103. The Morgan fingerprint density at radius 2 is 0.901 bits per heavy atom. The van der Waals surface area contributed by atoms with Crippen LogP contribution in [0.2, 0.25) is 0 Å². The van der Waals surface area contributed by atoms with Gasteiger partial charge < -0.3 is 98.6 Å². The van der Waals surface area contributed by atoms with Crippen LogP contribution in [0.25, 0.3) is 0 Å². The van der Waals surface area contributed by atoms with Crippen molar-refractivity contribution in [2.24, 2.45) is 20.7 Å². The van der Waals surface area contributed by atoms with Crippen LogP contribution in [0.3, 0.4) is 0 Å². The molecule has 141 heavy (non-hydrogen) atoms. The zero-order valence-corrected chi connectivity index (χ0v) is 85.1. The third-order valence-corrected chi connectivity index (χ3v) is 21.2. The Kier molecular flexibility index (Phi) is 42.9. The molecule has 752 valence electrons. The first-order chi connectivity index (χ1) is 67.0. The van der Waals surface area contributed by atoms with Gasteiger partial charge >= 0.3 is 6.18 Å². The molecule has 2 unspecified atom stereocenters. The first-order valence-corrected chi connectivity index (χ1v) is 47.0. The molecule has 17 N–H and O–H groups in total. The van der Waals surface area contributed by atoms with E-state index in [1.807, 2.05) is 87.1 Å². The normalized spacial score (nSPS) is 12.0. The molecule has 1 aliphatic heterocycles. The topological polar surface area (TPSA) is 582 Å². The van der Waals surface area contributed by atoms with Crippen molar-refractivity contribution in [3.63, 3.8) is 0 Å². The van der Waals surface area contributed by atoms with Crippen LogP contribution in [-0.2, 0) is 6.18 Å². The van der Waals surface area contributed by atoms with Gasteiger partial charge in [-0.25, -0.2) is 64.8 Å². The van der Waals surface area contributed by atoms with Crippen LogP contribution in [0, 0.1) is 33.1 Å². The maximum absolute atomic E-state index is 12.8. The van der Waals surface area contributed by atoms with E-state index in [4.69, 9.17) is 74.0 Å². The van der Waals surface area contributed by atoms with Gasteiger partial charge in [0.2, 0.25) is 29.9 Å². The molecular formula is C95H124BrF3N32O9S. The molecule has 12 aromatic heterocycles. The van der Waals surface area contributed by atoms with Gasteiger partial charge in [0.1, 0.15) is 68.0 Å². The number of nitrogen functional groups attached to an aromatic ring is 6. The van der Waals surface area contributed by atoms with Gasteiger partial charge in [0, 0.05) is 139 Å². The number of likely N-dealkylation sites (N-methyl/N-ethyl adjacent to an activating group) is 1. The van der Waals surface area contributed by atoms with Crippen molar-refractivity contribution in [3.05, 3.63) is 183 Å². The minimum atomic E-state index is -4.55. The van der Waals surface area contributed by atoms with Crippen molar-refractivity contribution in [3.8, 4) is 87.2 Å². The number of aliphatic hydroxyl groups is 2. The molecule has 12 aromatic rings. The number of anilines is 9. The number of rotatable bonds is 35. The van der Waals surface area contributed by atoms with Gasteiger partial charge in [0.05, 0.1) is 61.1 Å². The van der Waals surface area contributed by atoms with Crippen LogP contribution in [-0.4, -0.2) is 171 Å². The van der Waals surface area contributed by atoms with Gasteiger partial charge in [-0.1, -0.05) is 109 Å². The van der Waals surface area contributed by atoms with E-state index in [0.29, 0.717) is 140 Å². The number of aromatic nitrogens is 18. The number of nitrogens with two attached hydrogens (primary N) is 6. The molecule has 0 aliphatic carbocycles. The first-order valence-electron chi connectivity index (χ1n) is 45.0. The van der Waals surface area contributed by atoms with E-state index < -0.39 is 24.1 Å². The molecule has 13 rings (SSSR count). The quantitative estimate of drug-likeness (QED) is 0.00998. The van der Waals surface area contributed by atoms with E-state index >= 15 is 0 Å². The zero-order valence-electron chi connectivity index (χ0n) is 82.7. The number of thioether (sulfide) groups is 1. The van der Waals surface area contributed by atoms with Crippen molar-refractivity contribution in [1.29, 1.82) is 0 Å². The van der Waals surface area contributed by atoms with E-state index in [-0.39, 0.29) is 88.9 Å². The Morgan fingerprint density at radius 1 is 0.482 bits per heavy atom. The maximum atomic E-state index is 12.8. The fourth-order valence-corrected chi connectivity index (χ4v) is 13.1. The highest BCUT2D eigenvalue weighted by molar-refractivity contribution is 9.10. The minimum absolute atomic E-state index is 0.0384. The molecule has 1 aliphatic rings. The molecule has 0 aromatic carbocycles. The smallest absolute Gasteiger partial charge is 0.433 e. The van der Waals surface area contributed by atoms with Crippen molar-refractivity contribution < 1.29 is 56.5 Å². The fourth-order valence-electron chi connectivity index (χ4n) is 12.4. The maximum Gasteiger partial charge on any atom is 0.433 e. The van der Waals surface area contributed by atoms with Crippen LogP contribution in [0.15, 0.2) is 141 Å². The molecule has 41 nitrogen and oxygen atoms in total. The number of halogens is 4. The molecule has 46 heteroatoms. The number of aryl methyl sites for hydroxylation is 3. The van der Waals surface area contributed by atoms with Gasteiger partial charge in [-0.05, 0) is 122 Å². The monoisotopic (exact) mass is 2020 g/mol. The van der Waals surface area contributed by atoms with Crippen LogP contribution in [0.4, 0.5) is 65.9 Å². The summed E-state index contributed by atoms with van der Waals surface area (Å²) in [5.74, 6) is 13.9. The summed E-state index contributed by atoms with van der Waals surface area (Å²) in [6, 6.07) is 9.91. The van der Waals surface area contributed by atoms with E-state index in [0.717, 1.165) is 76.8 Å². The predicted octanol–water partition coefficient (Wildman–Crippen LogP) is 19.6. The van der Waals surface area contributed by atoms with Gasteiger partial charge in [-0.3, -0.25) is 9.97 Å². The Balaban J connectivity index is 0.000000208. The lowest BCUT2D eigenvalue weighted by molar-refractivity contribution is -0.141. The highest BCUT2D eigenvalue weighted by Gasteiger charge is 2.34. The summed E-state index contributed by atoms with van der Waals surface area (Å²) in [4.78, 5) is 76.5. The molecule has 0 bridgehead atoms. The Labute approximate surface area is 830 Å². The van der Waals surface area contributed by atoms with Gasteiger partial charge in [0.25, 0.3) is 0 Å². The van der Waals surface area contributed by atoms with Crippen molar-refractivity contribution in [1.82, 2.24) is 94.6 Å². The first kappa shape index (κ1) is 112. The SMILES string of the molecule is C#Cc1cc(Oc2cnc(C)nc2N)c(C(C)C)cn1.CC(C)c1cnc(Br)cc1Oc1cnc(N)nc1NCCN(C)C.CCC(O)CNc1ncc(Oc2cc(OC)ncc2C(C)C)c(N)n1.CCCC(CCO)Nc1ncc(Oc2cc(SC)ncc2C(C)C)c(N)n1.Cc1ncc(Oc2cc(C(F)(F)F)ncc2C(C)C)c(N)n1.Cc1ncc(Oc2cc(C3N=NN=N3)ncc2C(C)C)c(N)n1. The summed E-state index contributed by atoms with van der Waals surface area (Å²) in [6.07, 6.45) is 24.1. The van der Waals surface area contributed by atoms with Crippen LogP contribution < -0.4 is 83.5 Å². The van der Waals surface area contributed by atoms with Crippen LogP contribution in [0.5, 0.6) is 74.9 Å². The number of alkyl halides is 3. The average Bonchev–Trinajstić information content (AvgIpc) is 1.40. The van der Waals surface area contributed by atoms with Crippen LogP contribution >= 0.6 is 27.7 Å². The summed E-state index contributed by atoms with van der Waals surface area (Å²) >= 11 is 4.94. The van der Waals surface area contributed by atoms with E-state index in [2.05, 4.69) is 202 Å². The standard InChI is InChI=1S/C19H29N5O2S.C17H25N5O3.C16H23BrN6O.C15H16N4O.C14H15F3N4O.C14H16N8O/c1-5-6-13(7-8-25)23-19-22-11-16(18(20)24-19)26-15-9-17(27-4)21-10-14(15)12(2)3;1-5-11(23)7-20-17-21-9-14(16(18)22-17)25-13-6-15(24-4)19-8-12(13)10(2)3;1-10(2)11-8-20-14(17)7-12(11)24-13-9-21-16(18)22-15(13)19-5-6-23(3)4;1-5-11-6-13(12(7-18-11)9(2)3)20-14-8-17-10(4)19-15(14)16;1-7(2)9-5-20-12(14(15,16)17)4-10(9)22-11-6-19-8(3)21-13(11)18;1-7(2)9-5-17-10(14-19-21-22-20-14)4-11(9)23-12-6-16-8(3)18-13(12)15/h9-13,25H,5-8H2,1-4H3,(H3,20,22,23,24);6,8-11,23H,5,7H2,1-4H3,(H3,18,20,21,22);7-10H,5-6H2,1-4H3,(H3,18,19,21,22);1,6-9H,2-4H3,(H2,16,17,19);4-7H,1-3H3,(H2,18,19,21);4-7,14H,1-3H3,(H2,15,16,18). The molecule has 13 heterocycles. The van der Waals surface area contributed by atoms with Gasteiger partial charge in [-0.15, -0.1) is 28.4 Å². The number of ether oxygens (including phenoxy) is 7. The summed E-state index contributed by atoms with van der Waals surface area (Å²) in [5, 5.41) is 43.8. The van der Waals surface area contributed by atoms with Crippen molar-refractivity contribution in [2.75, 3.05) is 104 Å². The van der Waals surface area contributed by atoms with E-state index in [9.17, 15) is 23.4 Å². The Bertz CT molecular complexity index is 6190. The summed E-state index contributed by atoms with van der Waals surface area (Å²) < 4.78 is 79.5. The van der Waals surface area contributed by atoms with Crippen molar-refractivity contribution >= 4 is 80.4 Å². The second kappa shape index (κ2) is 54.1. The summed E-state index contributed by atoms with van der Waals surface area (Å²) in [6.45, 7) is 35.5. The molecule has 0 saturated heterocycles. The molecule has 0 radical (unpaired) electrons. The lowest BCUT2D eigenvalue weighted by atomic mass is 10.0. The summed E-state index contributed by atoms with van der Waals surface area (Å²) in [7, 11) is 5.57. The number of nitrogens with zero attached hydrogens (tertiary/aromatic N) is 23. The molecule has 0 fully saturated rings. The van der Waals surface area contributed by atoms with E-state index in [1.165, 1.54) is 12.4 Å². The third-order valence-electron chi connectivity index (χ3n) is 20.2. The Morgan fingerprint density at radius 3 is 1.35 bits per heavy atom. The minimum Gasteiger partial charge on any atom is -0.481 e. The number of methoxy groups -OCH3 is 1.